The first-order chi connectivity index (χ1) is 10.0. The number of nitrogens with zero attached hydrogens (tertiary/aromatic N) is 2. The largest absolute Gasteiger partial charge is 0.481 e. The molecule has 6 heteroatoms. The van der Waals surface area contributed by atoms with Crippen LogP contribution in [0, 0.1) is 11.8 Å². The van der Waals surface area contributed by atoms with Gasteiger partial charge in [-0.05, 0) is 44.9 Å². The first kappa shape index (κ1) is 16.1. The van der Waals surface area contributed by atoms with E-state index in [0.717, 1.165) is 25.8 Å². The van der Waals surface area contributed by atoms with Crippen LogP contribution in [0.15, 0.2) is 0 Å². The highest BCUT2D eigenvalue weighted by Crippen LogP contribution is 2.26. The maximum Gasteiger partial charge on any atom is 0.320 e. The van der Waals surface area contributed by atoms with Gasteiger partial charge in [-0.15, -0.1) is 0 Å². The van der Waals surface area contributed by atoms with Crippen LogP contribution < -0.4 is 0 Å². The highest BCUT2D eigenvalue weighted by Gasteiger charge is 2.35. The molecule has 2 rings (SSSR count). The van der Waals surface area contributed by atoms with E-state index < -0.39 is 5.97 Å². The Kier molecular flexibility index (Phi) is 5.45. The van der Waals surface area contributed by atoms with Gasteiger partial charge in [0.15, 0.2) is 0 Å². The Morgan fingerprint density at radius 1 is 1.24 bits per heavy atom. The van der Waals surface area contributed by atoms with Gasteiger partial charge in [0.2, 0.25) is 0 Å². The lowest BCUT2D eigenvalue weighted by Gasteiger charge is -2.41. The number of carbonyl (C=O) groups is 2. The van der Waals surface area contributed by atoms with Crippen molar-refractivity contribution in [3.63, 3.8) is 0 Å². The average Bonchev–Trinajstić information content (AvgIpc) is 2.47. The number of rotatable bonds is 3. The molecule has 6 nitrogen and oxygen atoms in total. The molecule has 3 atom stereocenters. The molecule has 0 aromatic rings. The number of aliphatic carboxylic acids is 1. The normalized spacial score (nSPS) is 30.3. The summed E-state index contributed by atoms with van der Waals surface area (Å²) >= 11 is 0. The molecular formula is C15H26N2O4. The van der Waals surface area contributed by atoms with Crippen LogP contribution in [0.25, 0.3) is 0 Å². The monoisotopic (exact) mass is 298 g/mol. The van der Waals surface area contributed by atoms with Crippen molar-refractivity contribution >= 4 is 12.0 Å². The predicted molar refractivity (Wildman–Crippen MR) is 77.9 cm³/mol. The summed E-state index contributed by atoms with van der Waals surface area (Å²) in [5.41, 5.74) is 0. The number of carboxylic acids is 1. The fourth-order valence-electron chi connectivity index (χ4n) is 3.52. The number of carbonyl (C=O) groups excluding carboxylic acids is 1. The van der Waals surface area contributed by atoms with Gasteiger partial charge >= 0.3 is 12.0 Å². The summed E-state index contributed by atoms with van der Waals surface area (Å²) in [4.78, 5) is 27.4. The maximum absolute atomic E-state index is 12.6. The Morgan fingerprint density at radius 3 is 2.62 bits per heavy atom. The summed E-state index contributed by atoms with van der Waals surface area (Å²) in [6.45, 7) is 4.12. The van der Waals surface area contributed by atoms with Crippen LogP contribution in [0.1, 0.15) is 39.0 Å². The van der Waals surface area contributed by atoms with Crippen molar-refractivity contribution in [3.05, 3.63) is 0 Å². The zero-order chi connectivity index (χ0) is 15.4. The zero-order valence-electron chi connectivity index (χ0n) is 12.7. The van der Waals surface area contributed by atoms with Crippen molar-refractivity contribution in [1.82, 2.24) is 9.80 Å². The molecule has 2 amide bonds. The van der Waals surface area contributed by atoms with Crippen molar-refractivity contribution in [2.45, 2.75) is 45.1 Å². The summed E-state index contributed by atoms with van der Waals surface area (Å²) in [6, 6.07) is 0.0135. The van der Waals surface area contributed by atoms with Crippen LogP contribution in [0.2, 0.25) is 0 Å². The number of likely N-dealkylation sites (tertiary alicyclic amines) is 2. The topological polar surface area (TPSA) is 81.1 Å². The average molecular weight is 298 g/mol. The lowest BCUT2D eigenvalue weighted by molar-refractivity contribution is -0.143. The summed E-state index contributed by atoms with van der Waals surface area (Å²) in [7, 11) is 0. The molecule has 2 N–H and O–H groups in total. The van der Waals surface area contributed by atoms with Crippen LogP contribution in [0.4, 0.5) is 4.79 Å². The standard InChI is InChI=1S/C15H26N2O4/c1-11-9-13(14(19)20)4-7-17(11)15(21)16-6-2-3-12(10-16)5-8-18/h11-13,18H,2-10H2,1H3,(H,19,20). The molecule has 3 unspecified atom stereocenters. The van der Waals surface area contributed by atoms with Crippen LogP contribution in [-0.2, 0) is 4.79 Å². The van der Waals surface area contributed by atoms with E-state index in [-0.39, 0.29) is 24.6 Å². The SMILES string of the molecule is CC1CC(C(=O)O)CCN1C(=O)N1CCCC(CCO)C1. The van der Waals surface area contributed by atoms with E-state index in [9.17, 15) is 9.59 Å². The minimum absolute atomic E-state index is 0.0226. The van der Waals surface area contributed by atoms with Gasteiger partial charge in [-0.3, -0.25) is 4.79 Å². The molecule has 120 valence electrons. The van der Waals surface area contributed by atoms with Crippen molar-refractivity contribution in [1.29, 1.82) is 0 Å². The molecule has 0 bridgehead atoms. The molecule has 0 aliphatic carbocycles. The van der Waals surface area contributed by atoms with Gasteiger partial charge in [0, 0.05) is 32.3 Å². The van der Waals surface area contributed by atoms with E-state index in [4.69, 9.17) is 10.2 Å². The lowest BCUT2D eigenvalue weighted by atomic mass is 9.91. The van der Waals surface area contributed by atoms with Crippen LogP contribution in [0.3, 0.4) is 0 Å². The summed E-state index contributed by atoms with van der Waals surface area (Å²) in [5, 5.41) is 18.1. The molecule has 0 saturated carbocycles. The zero-order valence-corrected chi connectivity index (χ0v) is 12.7. The molecule has 0 radical (unpaired) electrons. The fourth-order valence-corrected chi connectivity index (χ4v) is 3.52. The van der Waals surface area contributed by atoms with E-state index in [1.807, 2.05) is 16.7 Å². The van der Waals surface area contributed by atoms with Crippen LogP contribution >= 0.6 is 0 Å². The number of urea groups is 1. The molecule has 2 aliphatic heterocycles. The third-order valence-corrected chi connectivity index (χ3v) is 4.80. The Hall–Kier alpha value is -1.30. The van der Waals surface area contributed by atoms with E-state index in [1.165, 1.54) is 0 Å². The minimum Gasteiger partial charge on any atom is -0.481 e. The number of aliphatic hydroxyl groups is 1. The molecular weight excluding hydrogens is 272 g/mol. The molecule has 0 aromatic carbocycles. The highest BCUT2D eigenvalue weighted by atomic mass is 16.4. The first-order valence-electron chi connectivity index (χ1n) is 7.92. The predicted octanol–water partition coefficient (Wildman–Crippen LogP) is 1.39. The van der Waals surface area contributed by atoms with Gasteiger partial charge in [0.1, 0.15) is 0 Å². The third-order valence-electron chi connectivity index (χ3n) is 4.80. The first-order valence-corrected chi connectivity index (χ1v) is 7.92. The van der Waals surface area contributed by atoms with Crippen LogP contribution in [-0.4, -0.2) is 64.3 Å². The lowest BCUT2D eigenvalue weighted by Crippen LogP contribution is -2.53. The third kappa shape index (κ3) is 3.87. The number of carboxylic acid groups (broad SMARTS) is 1. The van der Waals surface area contributed by atoms with Crippen molar-refractivity contribution in [3.8, 4) is 0 Å². The second-order valence-corrected chi connectivity index (χ2v) is 6.35. The highest BCUT2D eigenvalue weighted by molar-refractivity contribution is 5.76. The van der Waals surface area contributed by atoms with E-state index >= 15 is 0 Å². The molecule has 2 saturated heterocycles. The second-order valence-electron chi connectivity index (χ2n) is 6.35. The Bertz CT molecular complexity index is 386. The van der Waals surface area contributed by atoms with Gasteiger partial charge < -0.3 is 20.0 Å². The smallest absolute Gasteiger partial charge is 0.320 e. The van der Waals surface area contributed by atoms with Crippen molar-refractivity contribution in [2.75, 3.05) is 26.2 Å². The summed E-state index contributed by atoms with van der Waals surface area (Å²) < 4.78 is 0. The van der Waals surface area contributed by atoms with Gasteiger partial charge in [0.25, 0.3) is 0 Å². The van der Waals surface area contributed by atoms with Crippen molar-refractivity contribution in [2.24, 2.45) is 11.8 Å². The van der Waals surface area contributed by atoms with Crippen LogP contribution in [0.5, 0.6) is 0 Å². The number of amides is 2. The number of hydrogen-bond acceptors (Lipinski definition) is 3. The maximum atomic E-state index is 12.6. The van der Waals surface area contributed by atoms with E-state index in [0.29, 0.717) is 31.8 Å². The Labute approximate surface area is 125 Å². The van der Waals surface area contributed by atoms with Gasteiger partial charge in [-0.2, -0.15) is 0 Å². The molecule has 2 fully saturated rings. The van der Waals surface area contributed by atoms with E-state index in [1.54, 1.807) is 0 Å². The molecule has 0 aromatic heterocycles. The molecule has 21 heavy (non-hydrogen) atoms. The number of piperidine rings is 2. The van der Waals surface area contributed by atoms with Crippen molar-refractivity contribution < 1.29 is 19.8 Å². The quantitative estimate of drug-likeness (QED) is 0.825. The van der Waals surface area contributed by atoms with E-state index in [2.05, 4.69) is 0 Å². The molecule has 2 aliphatic rings. The Balaban J connectivity index is 1.92. The van der Waals surface area contributed by atoms with Gasteiger partial charge in [-0.25, -0.2) is 4.79 Å². The Morgan fingerprint density at radius 2 is 2.00 bits per heavy atom. The number of aliphatic hydroxyl groups excluding tert-OH is 1. The number of hydrogen-bond donors (Lipinski definition) is 2. The molecule has 0 spiro atoms. The minimum atomic E-state index is -0.755. The summed E-state index contributed by atoms with van der Waals surface area (Å²) in [5.74, 6) is -0.693. The summed E-state index contributed by atoms with van der Waals surface area (Å²) in [6.07, 6.45) is 3.88. The molecule has 2 heterocycles. The van der Waals surface area contributed by atoms with Gasteiger partial charge in [-0.1, -0.05) is 0 Å². The second kappa shape index (κ2) is 7.11. The van der Waals surface area contributed by atoms with Gasteiger partial charge in [0.05, 0.1) is 5.92 Å². The fraction of sp³-hybridized carbons (Fsp3) is 0.867.